The first kappa shape index (κ1) is 13.4. The summed E-state index contributed by atoms with van der Waals surface area (Å²) in [5.41, 5.74) is 1.29. The molecule has 0 spiro atoms. The maximum absolute atomic E-state index is 11.3. The zero-order valence-corrected chi connectivity index (χ0v) is 10.1. The zero-order valence-electron chi connectivity index (χ0n) is 10.1. The molecule has 0 fully saturated rings. The molecule has 0 aliphatic rings. The van der Waals surface area contributed by atoms with E-state index in [4.69, 9.17) is 0 Å². The third-order valence-corrected chi connectivity index (χ3v) is 2.52. The molecule has 0 aliphatic heterocycles. The van der Waals surface area contributed by atoms with Gasteiger partial charge >= 0.3 is 0 Å². The van der Waals surface area contributed by atoms with Crippen LogP contribution < -0.4 is 5.32 Å². The Morgan fingerprint density at radius 3 is 2.65 bits per heavy atom. The highest BCUT2D eigenvalue weighted by atomic mass is 16.2. The lowest BCUT2D eigenvalue weighted by atomic mass is 10.1. The highest BCUT2D eigenvalue weighted by molar-refractivity contribution is 5.79. The molecule has 1 aromatic rings. The number of hydrogen-bond donors (Lipinski definition) is 1. The van der Waals surface area contributed by atoms with Crippen LogP contribution in [0.15, 0.2) is 30.3 Å². The minimum Gasteiger partial charge on any atom is -0.346 e. The van der Waals surface area contributed by atoms with Crippen LogP contribution in [0.4, 0.5) is 0 Å². The first-order valence-corrected chi connectivity index (χ1v) is 5.93. The molecule has 3 heteroatoms. The van der Waals surface area contributed by atoms with Crippen molar-refractivity contribution in [3.8, 4) is 0 Å². The molecular weight excluding hydrogens is 214 g/mol. The fraction of sp³-hybridized carbons (Fsp3) is 0.429. The Kier molecular flexibility index (Phi) is 6.00. The topological polar surface area (TPSA) is 46.2 Å². The lowest BCUT2D eigenvalue weighted by Gasteiger charge is -2.06. The summed E-state index contributed by atoms with van der Waals surface area (Å²) in [7, 11) is 0. The van der Waals surface area contributed by atoms with Crippen molar-refractivity contribution < 1.29 is 9.59 Å². The van der Waals surface area contributed by atoms with Gasteiger partial charge in [0.25, 0.3) is 0 Å². The summed E-state index contributed by atoms with van der Waals surface area (Å²) in [6, 6.07) is 9.70. The van der Waals surface area contributed by atoms with E-state index >= 15 is 0 Å². The molecule has 91 valence electrons. The van der Waals surface area contributed by atoms with Crippen LogP contribution >= 0.6 is 0 Å². The Morgan fingerprint density at radius 1 is 1.29 bits per heavy atom. The number of aryl methyl sites for hydroxylation is 1. The Balaban J connectivity index is 2.12. The summed E-state index contributed by atoms with van der Waals surface area (Å²) in [4.78, 5) is 21.5. The molecule has 1 amide bonds. The van der Waals surface area contributed by atoms with Gasteiger partial charge in [0.2, 0.25) is 12.2 Å². The van der Waals surface area contributed by atoms with Crippen molar-refractivity contribution >= 4 is 12.2 Å². The summed E-state index contributed by atoms with van der Waals surface area (Å²) < 4.78 is 0. The van der Waals surface area contributed by atoms with Crippen LogP contribution in [-0.2, 0) is 16.0 Å². The number of rotatable bonds is 7. The summed E-state index contributed by atoms with van der Waals surface area (Å²) >= 11 is 0. The van der Waals surface area contributed by atoms with Crippen molar-refractivity contribution in [2.45, 2.75) is 38.6 Å². The molecule has 3 nitrogen and oxygen atoms in total. The number of amides is 1. The van der Waals surface area contributed by atoms with Crippen molar-refractivity contribution in [1.29, 1.82) is 0 Å². The van der Waals surface area contributed by atoms with Gasteiger partial charge < -0.3 is 5.32 Å². The fourth-order valence-electron chi connectivity index (χ4n) is 1.60. The Hall–Kier alpha value is -1.64. The molecule has 17 heavy (non-hydrogen) atoms. The van der Waals surface area contributed by atoms with Crippen LogP contribution in [0.5, 0.6) is 0 Å². The number of carbonyl (C=O) groups excluding carboxylic acids is 2. The van der Waals surface area contributed by atoms with Crippen LogP contribution in [0.1, 0.15) is 31.7 Å². The lowest BCUT2D eigenvalue weighted by Crippen LogP contribution is -2.33. The second-order valence-corrected chi connectivity index (χ2v) is 4.10. The fourth-order valence-corrected chi connectivity index (χ4v) is 1.60. The number of nitrogens with one attached hydrogen (secondary N) is 1. The zero-order chi connectivity index (χ0) is 12.5. The molecule has 0 saturated carbocycles. The van der Waals surface area contributed by atoms with E-state index in [1.54, 1.807) is 13.2 Å². The van der Waals surface area contributed by atoms with Crippen LogP contribution in [0.3, 0.4) is 0 Å². The molecule has 0 aromatic heterocycles. The largest absolute Gasteiger partial charge is 0.346 e. The van der Waals surface area contributed by atoms with E-state index in [-0.39, 0.29) is 5.91 Å². The monoisotopic (exact) mass is 232 g/mol. The van der Waals surface area contributed by atoms with E-state index < -0.39 is 6.04 Å². The van der Waals surface area contributed by atoms with E-state index in [0.717, 1.165) is 19.3 Å². The normalized spacial score (nSPS) is 11.8. The molecule has 1 atom stereocenters. The maximum Gasteiger partial charge on any atom is 0.222 e. The summed E-state index contributed by atoms with van der Waals surface area (Å²) in [6.45, 7) is 1.62. The van der Waals surface area contributed by atoms with Crippen LogP contribution in [0, 0.1) is 0 Å². The Morgan fingerprint density at radius 2 is 2.00 bits per heavy atom. The van der Waals surface area contributed by atoms with E-state index in [1.807, 2.05) is 18.2 Å². The second-order valence-electron chi connectivity index (χ2n) is 4.10. The average Bonchev–Trinajstić information content (AvgIpc) is 2.36. The molecule has 1 aromatic carbocycles. The minimum absolute atomic E-state index is 0.0751. The number of benzene rings is 1. The predicted octanol–water partition coefficient (Wildman–Crippen LogP) is 2.01. The van der Waals surface area contributed by atoms with Gasteiger partial charge in [-0.2, -0.15) is 0 Å². The van der Waals surface area contributed by atoms with Gasteiger partial charge in [-0.3, -0.25) is 9.59 Å². The van der Waals surface area contributed by atoms with Crippen LogP contribution in [0.2, 0.25) is 0 Å². The predicted molar refractivity (Wildman–Crippen MR) is 67.3 cm³/mol. The average molecular weight is 232 g/mol. The molecule has 0 saturated heterocycles. The molecule has 0 heterocycles. The number of unbranched alkanes of at least 4 members (excludes halogenated alkanes) is 1. The van der Waals surface area contributed by atoms with E-state index in [1.165, 1.54) is 5.56 Å². The van der Waals surface area contributed by atoms with Gasteiger partial charge in [0.05, 0.1) is 6.04 Å². The first-order valence-electron chi connectivity index (χ1n) is 5.93. The van der Waals surface area contributed by atoms with Gasteiger partial charge in [-0.1, -0.05) is 30.3 Å². The number of hydrogen-bond acceptors (Lipinski definition) is 2. The Labute approximate surface area is 102 Å². The van der Waals surface area contributed by atoms with E-state index in [2.05, 4.69) is 17.4 Å². The summed E-state index contributed by atoms with van der Waals surface area (Å²) in [5, 5.41) is 2.57. The standard InChI is InChI=1S/C14H18NO2/c1-12(11-16)15-14(17)10-6-5-9-13-7-3-2-4-8-13/h2-4,7-8,12H,5-6,9-10H2,1H3,(H,15,17)/t12-/m0/s1. The van der Waals surface area contributed by atoms with Gasteiger partial charge in [0.1, 0.15) is 0 Å². The van der Waals surface area contributed by atoms with Gasteiger partial charge in [0, 0.05) is 6.42 Å². The van der Waals surface area contributed by atoms with Gasteiger partial charge in [0.15, 0.2) is 0 Å². The van der Waals surface area contributed by atoms with Gasteiger partial charge in [-0.25, -0.2) is 0 Å². The summed E-state index contributed by atoms with van der Waals surface area (Å²) in [6.07, 6.45) is 5.01. The molecule has 0 bridgehead atoms. The molecule has 0 unspecified atom stereocenters. The lowest BCUT2D eigenvalue weighted by molar-refractivity contribution is -0.121. The highest BCUT2D eigenvalue weighted by Crippen LogP contribution is 2.06. The minimum atomic E-state index is -0.503. The second kappa shape index (κ2) is 7.60. The van der Waals surface area contributed by atoms with Gasteiger partial charge in [-0.15, -0.1) is 0 Å². The molecule has 1 N–H and O–H groups in total. The van der Waals surface area contributed by atoms with E-state index in [9.17, 15) is 9.59 Å². The molecule has 1 radical (unpaired) electrons. The van der Waals surface area contributed by atoms with Crippen molar-refractivity contribution in [1.82, 2.24) is 5.32 Å². The van der Waals surface area contributed by atoms with Crippen LogP contribution in [-0.4, -0.2) is 18.2 Å². The quantitative estimate of drug-likeness (QED) is 0.731. The summed E-state index contributed by atoms with van der Waals surface area (Å²) in [5.74, 6) is -0.0751. The Bertz CT molecular complexity index is 348. The molecular formula is C14H18NO2. The van der Waals surface area contributed by atoms with Crippen molar-refractivity contribution in [3.05, 3.63) is 35.9 Å². The smallest absolute Gasteiger partial charge is 0.222 e. The van der Waals surface area contributed by atoms with Crippen molar-refractivity contribution in [2.24, 2.45) is 0 Å². The number of carbonyl (C=O) groups is 1. The highest BCUT2D eigenvalue weighted by Gasteiger charge is 2.05. The maximum atomic E-state index is 11.3. The molecule has 0 aliphatic carbocycles. The third-order valence-electron chi connectivity index (χ3n) is 2.52. The van der Waals surface area contributed by atoms with E-state index in [0.29, 0.717) is 6.42 Å². The first-order chi connectivity index (χ1) is 8.22. The molecule has 1 rings (SSSR count). The van der Waals surface area contributed by atoms with Crippen molar-refractivity contribution in [2.75, 3.05) is 0 Å². The third kappa shape index (κ3) is 5.85. The van der Waals surface area contributed by atoms with Crippen LogP contribution in [0.25, 0.3) is 0 Å². The SMILES string of the molecule is C[C@@H]([C]=O)NC(=O)CCCCc1ccccc1. The van der Waals surface area contributed by atoms with Crippen molar-refractivity contribution in [3.63, 3.8) is 0 Å². The van der Waals surface area contributed by atoms with Gasteiger partial charge in [-0.05, 0) is 31.7 Å².